The number of anilines is 1. The van der Waals surface area contributed by atoms with Crippen molar-refractivity contribution < 1.29 is 14.3 Å². The van der Waals surface area contributed by atoms with Crippen molar-refractivity contribution in [2.75, 3.05) is 5.32 Å². The summed E-state index contributed by atoms with van der Waals surface area (Å²) in [6.45, 7) is 3.68. The molecule has 5 heteroatoms. The van der Waals surface area contributed by atoms with Gasteiger partial charge in [0.25, 0.3) is 5.91 Å². The lowest BCUT2D eigenvalue weighted by Gasteiger charge is -2.17. The van der Waals surface area contributed by atoms with E-state index >= 15 is 0 Å². The average molecular weight is 382 g/mol. The van der Waals surface area contributed by atoms with Crippen molar-refractivity contribution in [2.24, 2.45) is 0 Å². The van der Waals surface area contributed by atoms with Crippen LogP contribution in [0.25, 0.3) is 0 Å². The van der Waals surface area contributed by atoms with Gasteiger partial charge in [0.15, 0.2) is 11.9 Å². The number of hydrogen-bond donors (Lipinski definition) is 1. The van der Waals surface area contributed by atoms with E-state index < -0.39 is 6.10 Å². The molecule has 3 aromatic rings. The van der Waals surface area contributed by atoms with E-state index in [1.54, 1.807) is 31.2 Å². The van der Waals surface area contributed by atoms with Crippen LogP contribution in [0.2, 0.25) is 5.02 Å². The Bertz CT molecular complexity index is 942. The topological polar surface area (TPSA) is 47.6 Å². The van der Waals surface area contributed by atoms with Gasteiger partial charge >= 0.3 is 0 Å². The number of aryl methyl sites for hydroxylation is 1. The van der Waals surface area contributed by atoms with Gasteiger partial charge in [0.1, 0.15) is 11.5 Å². The Balaban J connectivity index is 1.71. The SMILES string of the molecule is Cc1cccc(OC(C)C(=O)Nc2ccccc2Oc2ccccc2Cl)c1. The normalized spacial score (nSPS) is 11.5. The van der Waals surface area contributed by atoms with Crippen molar-refractivity contribution in [1.29, 1.82) is 0 Å². The standard InChI is InChI=1S/C22H20ClNO3/c1-15-8-7-9-17(14-15)26-16(2)22(25)24-19-11-4-6-13-21(19)27-20-12-5-3-10-18(20)23/h3-14,16H,1-2H3,(H,24,25). The maximum absolute atomic E-state index is 12.6. The second-order valence-electron chi connectivity index (χ2n) is 6.09. The Hall–Kier alpha value is -2.98. The minimum Gasteiger partial charge on any atom is -0.481 e. The third-order valence-corrected chi connectivity index (χ3v) is 4.19. The van der Waals surface area contributed by atoms with E-state index in [0.29, 0.717) is 28.0 Å². The molecule has 4 nitrogen and oxygen atoms in total. The fourth-order valence-corrected chi connectivity index (χ4v) is 2.66. The minimum absolute atomic E-state index is 0.272. The van der Waals surface area contributed by atoms with Gasteiger partial charge in [-0.25, -0.2) is 0 Å². The van der Waals surface area contributed by atoms with Crippen LogP contribution in [0, 0.1) is 6.92 Å². The molecule has 0 aliphatic carbocycles. The van der Waals surface area contributed by atoms with Gasteiger partial charge in [-0.1, -0.05) is 48.0 Å². The number of para-hydroxylation sites is 3. The first-order valence-electron chi connectivity index (χ1n) is 8.58. The summed E-state index contributed by atoms with van der Waals surface area (Å²) in [7, 11) is 0. The van der Waals surface area contributed by atoms with Crippen molar-refractivity contribution in [1.82, 2.24) is 0 Å². The smallest absolute Gasteiger partial charge is 0.265 e. The molecule has 0 aliphatic heterocycles. The van der Waals surface area contributed by atoms with Crippen molar-refractivity contribution in [3.63, 3.8) is 0 Å². The molecule has 0 aliphatic rings. The summed E-state index contributed by atoms with van der Waals surface area (Å²) in [6.07, 6.45) is -0.667. The van der Waals surface area contributed by atoms with Gasteiger partial charge in [-0.2, -0.15) is 0 Å². The molecule has 3 aromatic carbocycles. The summed E-state index contributed by atoms with van der Waals surface area (Å²) in [4.78, 5) is 12.6. The summed E-state index contributed by atoms with van der Waals surface area (Å²) in [5.74, 6) is 1.40. The average Bonchev–Trinajstić information content (AvgIpc) is 2.65. The molecular formula is C22H20ClNO3. The van der Waals surface area contributed by atoms with Gasteiger partial charge in [0.2, 0.25) is 0 Å². The van der Waals surface area contributed by atoms with Crippen LogP contribution in [-0.2, 0) is 4.79 Å². The predicted molar refractivity (Wildman–Crippen MR) is 108 cm³/mol. The number of halogens is 1. The van der Waals surface area contributed by atoms with E-state index in [-0.39, 0.29) is 5.91 Å². The molecule has 0 fully saturated rings. The highest BCUT2D eigenvalue weighted by molar-refractivity contribution is 6.32. The zero-order chi connectivity index (χ0) is 19.2. The summed E-state index contributed by atoms with van der Waals surface area (Å²) in [6, 6.07) is 21.9. The number of amides is 1. The summed E-state index contributed by atoms with van der Waals surface area (Å²) < 4.78 is 11.6. The molecule has 0 bridgehead atoms. The first-order chi connectivity index (χ1) is 13.0. The molecule has 3 rings (SSSR count). The van der Waals surface area contributed by atoms with Crippen molar-refractivity contribution in [3.05, 3.63) is 83.4 Å². The van der Waals surface area contributed by atoms with Gasteiger partial charge in [-0.3, -0.25) is 4.79 Å². The van der Waals surface area contributed by atoms with E-state index in [2.05, 4.69) is 5.32 Å². The van der Waals surface area contributed by atoms with Gasteiger partial charge < -0.3 is 14.8 Å². The van der Waals surface area contributed by atoms with Crippen LogP contribution in [0.3, 0.4) is 0 Å². The van der Waals surface area contributed by atoms with Gasteiger partial charge in [-0.15, -0.1) is 0 Å². The zero-order valence-corrected chi connectivity index (χ0v) is 15.9. The van der Waals surface area contributed by atoms with Crippen LogP contribution >= 0.6 is 11.6 Å². The third kappa shape index (κ3) is 5.02. The maximum Gasteiger partial charge on any atom is 0.265 e. The first kappa shape index (κ1) is 18.8. The summed E-state index contributed by atoms with van der Waals surface area (Å²) >= 11 is 6.15. The van der Waals surface area contributed by atoms with E-state index in [1.807, 2.05) is 55.5 Å². The molecule has 0 heterocycles. The number of ether oxygens (including phenoxy) is 2. The largest absolute Gasteiger partial charge is 0.481 e. The van der Waals surface area contributed by atoms with Crippen LogP contribution in [0.15, 0.2) is 72.8 Å². The van der Waals surface area contributed by atoms with Crippen molar-refractivity contribution in [3.8, 4) is 17.2 Å². The van der Waals surface area contributed by atoms with Crippen molar-refractivity contribution in [2.45, 2.75) is 20.0 Å². The molecule has 1 atom stereocenters. The Kier molecular flexibility index (Phi) is 5.99. The van der Waals surface area contributed by atoms with E-state index in [4.69, 9.17) is 21.1 Å². The number of rotatable bonds is 6. The van der Waals surface area contributed by atoms with E-state index in [1.165, 1.54) is 0 Å². The lowest BCUT2D eigenvalue weighted by molar-refractivity contribution is -0.122. The van der Waals surface area contributed by atoms with E-state index in [9.17, 15) is 4.79 Å². The molecular weight excluding hydrogens is 362 g/mol. The molecule has 0 spiro atoms. The number of carbonyl (C=O) groups excluding carboxylic acids is 1. The third-order valence-electron chi connectivity index (χ3n) is 3.87. The molecule has 0 radical (unpaired) electrons. The monoisotopic (exact) mass is 381 g/mol. The highest BCUT2D eigenvalue weighted by atomic mass is 35.5. The molecule has 27 heavy (non-hydrogen) atoms. The summed E-state index contributed by atoms with van der Waals surface area (Å²) in [5, 5.41) is 3.35. The number of benzene rings is 3. The molecule has 0 saturated carbocycles. The van der Waals surface area contributed by atoms with Crippen LogP contribution in [0.4, 0.5) is 5.69 Å². The highest BCUT2D eigenvalue weighted by Crippen LogP contribution is 2.33. The second kappa shape index (κ2) is 8.60. The van der Waals surface area contributed by atoms with E-state index in [0.717, 1.165) is 5.56 Å². The molecule has 1 unspecified atom stereocenters. The van der Waals surface area contributed by atoms with Crippen LogP contribution in [0.1, 0.15) is 12.5 Å². The molecule has 1 amide bonds. The Morgan fingerprint density at radius 3 is 2.41 bits per heavy atom. The quantitative estimate of drug-likeness (QED) is 0.582. The molecule has 0 saturated heterocycles. The molecule has 138 valence electrons. The summed E-state index contributed by atoms with van der Waals surface area (Å²) in [5.41, 5.74) is 1.61. The van der Waals surface area contributed by atoms with Gasteiger partial charge in [0.05, 0.1) is 10.7 Å². The predicted octanol–water partition coefficient (Wildman–Crippen LogP) is 5.85. The lowest BCUT2D eigenvalue weighted by atomic mass is 10.2. The Morgan fingerprint density at radius 1 is 0.963 bits per heavy atom. The van der Waals surface area contributed by atoms with Crippen LogP contribution in [0.5, 0.6) is 17.2 Å². The van der Waals surface area contributed by atoms with Crippen molar-refractivity contribution >= 4 is 23.2 Å². The Labute approximate surface area is 163 Å². The maximum atomic E-state index is 12.6. The Morgan fingerprint density at radius 2 is 1.67 bits per heavy atom. The van der Waals surface area contributed by atoms with Crippen LogP contribution < -0.4 is 14.8 Å². The lowest BCUT2D eigenvalue weighted by Crippen LogP contribution is -2.30. The number of hydrogen-bond acceptors (Lipinski definition) is 3. The highest BCUT2D eigenvalue weighted by Gasteiger charge is 2.17. The first-order valence-corrected chi connectivity index (χ1v) is 8.96. The second-order valence-corrected chi connectivity index (χ2v) is 6.50. The van der Waals surface area contributed by atoms with Crippen LogP contribution in [-0.4, -0.2) is 12.0 Å². The van der Waals surface area contributed by atoms with Gasteiger partial charge in [-0.05, 0) is 55.8 Å². The molecule has 1 N–H and O–H groups in total. The zero-order valence-electron chi connectivity index (χ0n) is 15.1. The fraction of sp³-hybridized carbons (Fsp3) is 0.136. The molecule has 0 aromatic heterocycles. The number of nitrogens with one attached hydrogen (secondary N) is 1. The minimum atomic E-state index is -0.667. The van der Waals surface area contributed by atoms with Gasteiger partial charge in [0, 0.05) is 0 Å². The fourth-order valence-electron chi connectivity index (χ4n) is 2.49. The number of carbonyl (C=O) groups is 1.